The topological polar surface area (TPSA) is 33.7 Å². The SMILES string of the molecule is COc1ccc2c(c1)CC(NCCC1CCN(C)CC1)CO2. The number of piperidine rings is 1. The Morgan fingerprint density at radius 2 is 2.14 bits per heavy atom. The minimum Gasteiger partial charge on any atom is -0.497 e. The molecule has 0 saturated carbocycles. The highest BCUT2D eigenvalue weighted by Crippen LogP contribution is 2.28. The molecule has 1 fully saturated rings. The van der Waals surface area contributed by atoms with Gasteiger partial charge in [0, 0.05) is 6.04 Å². The largest absolute Gasteiger partial charge is 0.497 e. The standard InChI is InChI=1S/C18H28N2O2/c1-20-9-6-14(7-10-20)5-8-19-16-11-15-12-17(21-2)3-4-18(15)22-13-16/h3-4,12,14,16,19H,5-11,13H2,1-2H3. The van der Waals surface area contributed by atoms with Gasteiger partial charge in [-0.3, -0.25) is 0 Å². The molecule has 1 unspecified atom stereocenters. The normalized spacial score (nSPS) is 22.9. The van der Waals surface area contributed by atoms with Crippen molar-refractivity contribution in [1.82, 2.24) is 10.2 Å². The molecule has 4 nitrogen and oxygen atoms in total. The molecule has 2 aliphatic rings. The molecule has 0 amide bonds. The Kier molecular flexibility index (Phi) is 5.21. The number of rotatable bonds is 5. The van der Waals surface area contributed by atoms with E-state index in [9.17, 15) is 0 Å². The first-order valence-electron chi connectivity index (χ1n) is 8.46. The highest BCUT2D eigenvalue weighted by molar-refractivity contribution is 5.42. The third-order valence-electron chi connectivity index (χ3n) is 5.00. The smallest absolute Gasteiger partial charge is 0.122 e. The van der Waals surface area contributed by atoms with Gasteiger partial charge in [-0.1, -0.05) is 0 Å². The molecule has 0 aromatic heterocycles. The summed E-state index contributed by atoms with van der Waals surface area (Å²) < 4.78 is 11.2. The monoisotopic (exact) mass is 304 g/mol. The van der Waals surface area contributed by atoms with Crippen LogP contribution in [-0.4, -0.2) is 51.3 Å². The van der Waals surface area contributed by atoms with E-state index in [1.807, 2.05) is 12.1 Å². The number of ether oxygens (including phenoxy) is 2. The lowest BCUT2D eigenvalue weighted by Crippen LogP contribution is -2.40. The maximum atomic E-state index is 5.87. The van der Waals surface area contributed by atoms with Crippen LogP contribution in [0.1, 0.15) is 24.8 Å². The lowest BCUT2D eigenvalue weighted by atomic mass is 9.93. The number of likely N-dealkylation sites (tertiary alicyclic amines) is 1. The van der Waals surface area contributed by atoms with Crippen molar-refractivity contribution in [3.8, 4) is 11.5 Å². The van der Waals surface area contributed by atoms with E-state index in [-0.39, 0.29) is 0 Å². The van der Waals surface area contributed by atoms with Crippen molar-refractivity contribution in [2.45, 2.75) is 31.7 Å². The Morgan fingerprint density at radius 1 is 1.32 bits per heavy atom. The van der Waals surface area contributed by atoms with Crippen molar-refractivity contribution in [3.63, 3.8) is 0 Å². The van der Waals surface area contributed by atoms with Crippen LogP contribution in [-0.2, 0) is 6.42 Å². The van der Waals surface area contributed by atoms with Gasteiger partial charge >= 0.3 is 0 Å². The second-order valence-electron chi connectivity index (χ2n) is 6.68. The van der Waals surface area contributed by atoms with E-state index in [0.717, 1.165) is 37.0 Å². The second kappa shape index (κ2) is 7.34. The lowest BCUT2D eigenvalue weighted by Gasteiger charge is -2.30. The number of benzene rings is 1. The molecule has 2 heterocycles. The summed E-state index contributed by atoms with van der Waals surface area (Å²) in [5.41, 5.74) is 1.25. The summed E-state index contributed by atoms with van der Waals surface area (Å²) in [5, 5.41) is 3.68. The minimum absolute atomic E-state index is 0.422. The van der Waals surface area contributed by atoms with Crippen molar-refractivity contribution in [1.29, 1.82) is 0 Å². The fourth-order valence-electron chi connectivity index (χ4n) is 3.47. The fourth-order valence-corrected chi connectivity index (χ4v) is 3.47. The zero-order valence-corrected chi connectivity index (χ0v) is 13.8. The van der Waals surface area contributed by atoms with E-state index in [1.165, 1.54) is 37.9 Å². The lowest BCUT2D eigenvalue weighted by molar-refractivity contribution is 0.203. The summed E-state index contributed by atoms with van der Waals surface area (Å²) in [5.74, 6) is 2.81. The predicted octanol–water partition coefficient (Wildman–Crippen LogP) is 2.32. The summed E-state index contributed by atoms with van der Waals surface area (Å²) in [4.78, 5) is 2.43. The van der Waals surface area contributed by atoms with E-state index in [2.05, 4.69) is 23.3 Å². The number of hydrogen-bond acceptors (Lipinski definition) is 4. The number of nitrogens with one attached hydrogen (secondary N) is 1. The highest BCUT2D eigenvalue weighted by atomic mass is 16.5. The Bertz CT molecular complexity index is 484. The first kappa shape index (κ1) is 15.6. The molecule has 0 bridgehead atoms. The average molecular weight is 304 g/mol. The van der Waals surface area contributed by atoms with Crippen LogP contribution in [0, 0.1) is 5.92 Å². The zero-order chi connectivity index (χ0) is 15.4. The molecule has 1 aromatic rings. The van der Waals surface area contributed by atoms with Gasteiger partial charge in [-0.2, -0.15) is 0 Å². The van der Waals surface area contributed by atoms with Gasteiger partial charge in [0.2, 0.25) is 0 Å². The average Bonchev–Trinajstić information content (AvgIpc) is 2.56. The molecular weight excluding hydrogens is 276 g/mol. The molecule has 1 aromatic carbocycles. The summed E-state index contributed by atoms with van der Waals surface area (Å²) in [6.45, 7) is 4.38. The summed E-state index contributed by atoms with van der Waals surface area (Å²) in [6.07, 6.45) is 5.01. The fraction of sp³-hybridized carbons (Fsp3) is 0.667. The van der Waals surface area contributed by atoms with E-state index < -0.39 is 0 Å². The third-order valence-corrected chi connectivity index (χ3v) is 5.00. The van der Waals surface area contributed by atoms with Crippen LogP contribution in [0.25, 0.3) is 0 Å². The summed E-state index contributed by atoms with van der Waals surface area (Å²) >= 11 is 0. The quantitative estimate of drug-likeness (QED) is 0.905. The van der Waals surface area contributed by atoms with Crippen LogP contribution in [0.15, 0.2) is 18.2 Å². The summed E-state index contributed by atoms with van der Waals surface area (Å²) in [7, 11) is 3.93. The van der Waals surface area contributed by atoms with Crippen molar-refractivity contribution in [2.24, 2.45) is 5.92 Å². The van der Waals surface area contributed by atoms with Crippen LogP contribution >= 0.6 is 0 Å². The molecular formula is C18H28N2O2. The van der Waals surface area contributed by atoms with Gasteiger partial charge in [-0.25, -0.2) is 0 Å². The van der Waals surface area contributed by atoms with Crippen molar-refractivity contribution >= 4 is 0 Å². The number of methoxy groups -OCH3 is 1. The molecule has 1 saturated heterocycles. The first-order valence-corrected chi connectivity index (χ1v) is 8.46. The van der Waals surface area contributed by atoms with Gasteiger partial charge in [0.25, 0.3) is 0 Å². The molecule has 1 atom stereocenters. The zero-order valence-electron chi connectivity index (χ0n) is 13.8. The molecule has 1 N–H and O–H groups in total. The maximum Gasteiger partial charge on any atom is 0.122 e. The van der Waals surface area contributed by atoms with Crippen LogP contribution in [0.4, 0.5) is 0 Å². The summed E-state index contributed by atoms with van der Waals surface area (Å²) in [6, 6.07) is 6.50. The van der Waals surface area contributed by atoms with E-state index in [1.54, 1.807) is 7.11 Å². The third kappa shape index (κ3) is 3.93. The van der Waals surface area contributed by atoms with Crippen molar-refractivity contribution in [2.75, 3.05) is 40.4 Å². The molecule has 122 valence electrons. The van der Waals surface area contributed by atoms with Crippen LogP contribution in [0.3, 0.4) is 0 Å². The number of hydrogen-bond donors (Lipinski definition) is 1. The number of fused-ring (bicyclic) bond motifs is 1. The van der Waals surface area contributed by atoms with E-state index in [4.69, 9.17) is 9.47 Å². The van der Waals surface area contributed by atoms with Gasteiger partial charge in [0.15, 0.2) is 0 Å². The Labute approximate surface area is 133 Å². The minimum atomic E-state index is 0.422. The van der Waals surface area contributed by atoms with Gasteiger partial charge < -0.3 is 19.7 Å². The van der Waals surface area contributed by atoms with Crippen LogP contribution in [0.5, 0.6) is 11.5 Å². The Hall–Kier alpha value is -1.26. The van der Waals surface area contributed by atoms with Crippen molar-refractivity contribution < 1.29 is 9.47 Å². The maximum absolute atomic E-state index is 5.87. The second-order valence-corrected chi connectivity index (χ2v) is 6.68. The van der Waals surface area contributed by atoms with E-state index in [0.29, 0.717) is 6.04 Å². The van der Waals surface area contributed by atoms with Gasteiger partial charge in [0.1, 0.15) is 18.1 Å². The molecule has 3 rings (SSSR count). The van der Waals surface area contributed by atoms with Gasteiger partial charge in [-0.15, -0.1) is 0 Å². The van der Waals surface area contributed by atoms with E-state index >= 15 is 0 Å². The van der Waals surface area contributed by atoms with Gasteiger partial charge in [0.05, 0.1) is 7.11 Å². The number of nitrogens with zero attached hydrogens (tertiary/aromatic N) is 1. The Balaban J connectivity index is 1.44. The molecule has 0 radical (unpaired) electrons. The highest BCUT2D eigenvalue weighted by Gasteiger charge is 2.21. The van der Waals surface area contributed by atoms with Crippen molar-refractivity contribution in [3.05, 3.63) is 23.8 Å². The van der Waals surface area contributed by atoms with Crippen LogP contribution in [0.2, 0.25) is 0 Å². The predicted molar refractivity (Wildman–Crippen MR) is 88.8 cm³/mol. The molecule has 0 aliphatic carbocycles. The Morgan fingerprint density at radius 3 is 2.91 bits per heavy atom. The molecule has 22 heavy (non-hydrogen) atoms. The molecule has 4 heteroatoms. The molecule has 2 aliphatic heterocycles. The first-order chi connectivity index (χ1) is 10.7. The van der Waals surface area contributed by atoms with Crippen LogP contribution < -0.4 is 14.8 Å². The molecule has 0 spiro atoms. The van der Waals surface area contributed by atoms with Gasteiger partial charge in [-0.05, 0) is 82.0 Å².